The highest BCUT2D eigenvalue weighted by Crippen LogP contribution is 2.40. The Balaban J connectivity index is 1.12. The minimum Gasteiger partial charge on any atom is -0.369 e. The van der Waals surface area contributed by atoms with E-state index < -0.39 is 0 Å². The van der Waals surface area contributed by atoms with Crippen molar-refractivity contribution in [3.05, 3.63) is 71.4 Å². The third-order valence-corrected chi connectivity index (χ3v) is 6.65. The molecule has 2 fully saturated rings. The number of benzene rings is 2. The first kappa shape index (κ1) is 21.0. The standard InChI is InChI=1S/C27H32N4O/c1-20-6-4-7-22(18-20)31-16-14-30(15-17-31)13-5-12-28-27(32)24-19-26(21-10-11-21)29-25-9-3-2-8-23(24)25/h2-4,6-9,18-19,21H,5,10-17H2,1H3,(H,28,32). The van der Waals surface area contributed by atoms with Gasteiger partial charge in [0.25, 0.3) is 5.91 Å². The zero-order valence-electron chi connectivity index (χ0n) is 18.9. The van der Waals surface area contributed by atoms with E-state index in [2.05, 4.69) is 46.3 Å². The van der Waals surface area contributed by atoms with E-state index in [1.54, 1.807) is 0 Å². The first-order valence-electron chi connectivity index (χ1n) is 11.9. The number of hydrogen-bond acceptors (Lipinski definition) is 4. The molecule has 0 bridgehead atoms. The molecule has 166 valence electrons. The van der Waals surface area contributed by atoms with Gasteiger partial charge in [0.1, 0.15) is 0 Å². The van der Waals surface area contributed by atoms with Crippen molar-refractivity contribution in [2.45, 2.75) is 32.1 Å². The largest absolute Gasteiger partial charge is 0.369 e. The molecule has 32 heavy (non-hydrogen) atoms. The molecular formula is C27H32N4O. The molecule has 0 unspecified atom stereocenters. The Hall–Kier alpha value is -2.92. The minimum atomic E-state index is 0.0229. The second-order valence-corrected chi connectivity index (χ2v) is 9.16. The Morgan fingerprint density at radius 2 is 1.84 bits per heavy atom. The van der Waals surface area contributed by atoms with Crippen molar-refractivity contribution in [3.63, 3.8) is 0 Å². The molecule has 5 rings (SSSR count). The number of aryl methyl sites for hydroxylation is 1. The summed E-state index contributed by atoms with van der Waals surface area (Å²) in [4.78, 5) is 22.7. The van der Waals surface area contributed by atoms with Gasteiger partial charge < -0.3 is 10.2 Å². The van der Waals surface area contributed by atoms with Crippen LogP contribution in [0.2, 0.25) is 0 Å². The van der Waals surface area contributed by atoms with Crippen molar-refractivity contribution in [1.29, 1.82) is 0 Å². The number of hydrogen-bond donors (Lipinski definition) is 1. The van der Waals surface area contributed by atoms with Crippen LogP contribution >= 0.6 is 0 Å². The number of nitrogens with one attached hydrogen (secondary N) is 1. The number of pyridine rings is 1. The van der Waals surface area contributed by atoms with Crippen LogP contribution in [0.25, 0.3) is 10.9 Å². The van der Waals surface area contributed by atoms with Gasteiger partial charge in [0.15, 0.2) is 0 Å². The summed E-state index contributed by atoms with van der Waals surface area (Å²) >= 11 is 0. The number of aromatic nitrogens is 1. The van der Waals surface area contributed by atoms with Crippen molar-refractivity contribution in [3.8, 4) is 0 Å². The number of rotatable bonds is 7. The molecule has 1 N–H and O–H groups in total. The predicted octanol–water partition coefficient (Wildman–Crippen LogP) is 4.36. The van der Waals surface area contributed by atoms with Crippen LogP contribution in [0.3, 0.4) is 0 Å². The van der Waals surface area contributed by atoms with Gasteiger partial charge in [-0.3, -0.25) is 14.7 Å². The Morgan fingerprint density at radius 3 is 2.62 bits per heavy atom. The Labute approximate surface area is 190 Å². The maximum absolute atomic E-state index is 13.0. The Morgan fingerprint density at radius 1 is 1.03 bits per heavy atom. The molecule has 2 aliphatic rings. The minimum absolute atomic E-state index is 0.0229. The monoisotopic (exact) mass is 428 g/mol. The molecule has 1 aliphatic heterocycles. The van der Waals surface area contributed by atoms with Gasteiger partial charge in [-0.1, -0.05) is 30.3 Å². The molecular weight excluding hydrogens is 396 g/mol. The molecule has 3 aromatic rings. The summed E-state index contributed by atoms with van der Waals surface area (Å²) in [5.74, 6) is 0.555. The van der Waals surface area contributed by atoms with Crippen LogP contribution in [0, 0.1) is 6.92 Å². The van der Waals surface area contributed by atoms with Crippen molar-refractivity contribution < 1.29 is 4.79 Å². The molecule has 0 spiro atoms. The molecule has 1 aliphatic carbocycles. The number of anilines is 1. The average Bonchev–Trinajstić information content (AvgIpc) is 3.67. The highest BCUT2D eigenvalue weighted by atomic mass is 16.1. The number of fused-ring (bicyclic) bond motifs is 1. The van der Waals surface area contributed by atoms with Crippen LogP contribution < -0.4 is 10.2 Å². The second-order valence-electron chi connectivity index (χ2n) is 9.16. The fraction of sp³-hybridized carbons (Fsp3) is 0.407. The first-order valence-corrected chi connectivity index (χ1v) is 11.9. The first-order chi connectivity index (χ1) is 15.7. The topological polar surface area (TPSA) is 48.5 Å². The number of para-hydroxylation sites is 1. The number of piperazine rings is 1. The van der Waals surface area contributed by atoms with Gasteiger partial charge >= 0.3 is 0 Å². The van der Waals surface area contributed by atoms with Crippen LogP contribution in [-0.2, 0) is 0 Å². The third-order valence-electron chi connectivity index (χ3n) is 6.65. The van der Waals surface area contributed by atoms with E-state index in [0.717, 1.165) is 61.3 Å². The smallest absolute Gasteiger partial charge is 0.252 e. The lowest BCUT2D eigenvalue weighted by atomic mass is 10.1. The SMILES string of the molecule is Cc1cccc(N2CCN(CCCNC(=O)c3cc(C4CC4)nc4ccccc34)CC2)c1. The number of amides is 1. The molecule has 1 saturated carbocycles. The quantitative estimate of drug-likeness (QED) is 0.568. The van der Waals surface area contributed by atoms with Gasteiger partial charge in [-0.15, -0.1) is 0 Å². The molecule has 5 heteroatoms. The molecule has 0 radical (unpaired) electrons. The van der Waals surface area contributed by atoms with E-state index in [4.69, 9.17) is 4.98 Å². The number of nitrogens with zero attached hydrogens (tertiary/aromatic N) is 3. The van der Waals surface area contributed by atoms with Gasteiger partial charge in [0.05, 0.1) is 11.1 Å². The molecule has 1 saturated heterocycles. The van der Waals surface area contributed by atoms with Gasteiger partial charge in [-0.2, -0.15) is 0 Å². The van der Waals surface area contributed by atoms with Crippen molar-refractivity contribution in [2.24, 2.45) is 0 Å². The van der Waals surface area contributed by atoms with E-state index in [0.29, 0.717) is 12.5 Å². The molecule has 2 aromatic carbocycles. The van der Waals surface area contributed by atoms with Gasteiger partial charge in [0.2, 0.25) is 0 Å². The molecule has 1 aromatic heterocycles. The van der Waals surface area contributed by atoms with Gasteiger partial charge in [-0.05, 0) is 62.6 Å². The van der Waals surface area contributed by atoms with Crippen LogP contribution in [0.1, 0.15) is 46.8 Å². The number of carbonyl (C=O) groups is 1. The highest BCUT2D eigenvalue weighted by Gasteiger charge is 2.27. The normalized spacial score (nSPS) is 17.0. The average molecular weight is 429 g/mol. The Bertz CT molecular complexity index is 1100. The zero-order valence-corrected chi connectivity index (χ0v) is 18.9. The summed E-state index contributed by atoms with van der Waals surface area (Å²) in [5.41, 5.74) is 5.40. The predicted molar refractivity (Wildman–Crippen MR) is 131 cm³/mol. The third kappa shape index (κ3) is 4.78. The van der Waals surface area contributed by atoms with E-state index in [9.17, 15) is 4.79 Å². The van der Waals surface area contributed by atoms with Crippen molar-refractivity contribution in [1.82, 2.24) is 15.2 Å². The van der Waals surface area contributed by atoms with E-state index in [-0.39, 0.29) is 5.91 Å². The number of carbonyl (C=O) groups excluding carboxylic acids is 1. The second kappa shape index (κ2) is 9.29. The lowest BCUT2D eigenvalue weighted by Crippen LogP contribution is -2.47. The molecule has 0 atom stereocenters. The van der Waals surface area contributed by atoms with Crippen LogP contribution in [0.5, 0.6) is 0 Å². The lowest BCUT2D eigenvalue weighted by molar-refractivity contribution is 0.0953. The van der Waals surface area contributed by atoms with Crippen LogP contribution in [0.4, 0.5) is 5.69 Å². The van der Waals surface area contributed by atoms with Gasteiger partial charge in [0, 0.05) is 55.4 Å². The van der Waals surface area contributed by atoms with E-state index in [1.807, 2.05) is 30.3 Å². The summed E-state index contributed by atoms with van der Waals surface area (Å²) in [6.45, 7) is 8.13. The summed E-state index contributed by atoms with van der Waals surface area (Å²) in [6.07, 6.45) is 3.34. The molecule has 5 nitrogen and oxygen atoms in total. The highest BCUT2D eigenvalue weighted by molar-refractivity contribution is 6.06. The maximum atomic E-state index is 13.0. The summed E-state index contributed by atoms with van der Waals surface area (Å²) in [5, 5.41) is 4.10. The lowest BCUT2D eigenvalue weighted by Gasteiger charge is -2.36. The van der Waals surface area contributed by atoms with Crippen LogP contribution in [0.15, 0.2) is 54.6 Å². The fourth-order valence-electron chi connectivity index (χ4n) is 4.63. The Kier molecular flexibility index (Phi) is 6.08. The summed E-state index contributed by atoms with van der Waals surface area (Å²) in [6, 6.07) is 18.8. The van der Waals surface area contributed by atoms with E-state index >= 15 is 0 Å². The fourth-order valence-corrected chi connectivity index (χ4v) is 4.63. The van der Waals surface area contributed by atoms with Gasteiger partial charge in [-0.25, -0.2) is 0 Å². The van der Waals surface area contributed by atoms with E-state index in [1.165, 1.54) is 24.1 Å². The summed E-state index contributed by atoms with van der Waals surface area (Å²) < 4.78 is 0. The zero-order chi connectivity index (χ0) is 21.9. The van der Waals surface area contributed by atoms with Crippen molar-refractivity contribution in [2.75, 3.05) is 44.2 Å². The molecule has 2 heterocycles. The maximum Gasteiger partial charge on any atom is 0.252 e. The van der Waals surface area contributed by atoms with Crippen LogP contribution in [-0.4, -0.2) is 55.1 Å². The van der Waals surface area contributed by atoms with Crippen molar-refractivity contribution >= 4 is 22.5 Å². The summed E-state index contributed by atoms with van der Waals surface area (Å²) in [7, 11) is 0. The molecule has 1 amide bonds.